The predicted molar refractivity (Wildman–Crippen MR) is 102 cm³/mol. The van der Waals surface area contributed by atoms with Gasteiger partial charge in [-0.1, -0.05) is 28.1 Å². The molecule has 2 aromatic carbocycles. The van der Waals surface area contributed by atoms with Gasteiger partial charge in [-0.25, -0.2) is 4.39 Å². The van der Waals surface area contributed by atoms with E-state index in [4.69, 9.17) is 14.6 Å². The summed E-state index contributed by atoms with van der Waals surface area (Å²) in [5.41, 5.74) is 1.93. The largest absolute Gasteiger partial charge is 0.489 e. The molecular formula is C18H22BrClFNO3. The van der Waals surface area contributed by atoms with Gasteiger partial charge in [0.05, 0.1) is 19.8 Å². The van der Waals surface area contributed by atoms with Gasteiger partial charge in [0.2, 0.25) is 0 Å². The zero-order valence-electron chi connectivity index (χ0n) is 13.7. The smallest absolute Gasteiger partial charge is 0.124 e. The Morgan fingerprint density at radius 3 is 2.56 bits per heavy atom. The third-order valence-electron chi connectivity index (χ3n) is 3.30. The Kier molecular flexibility index (Phi) is 10.7. The highest BCUT2D eigenvalue weighted by Gasteiger charge is 2.05. The normalized spacial score (nSPS) is 10.4. The molecule has 0 radical (unpaired) electrons. The fourth-order valence-electron chi connectivity index (χ4n) is 2.10. The number of rotatable bonds is 10. The second kappa shape index (κ2) is 12.2. The molecule has 0 aromatic heterocycles. The maximum atomic E-state index is 12.9. The standard InChI is InChI=1S/C18H21BrFNO3.ClH/c19-16-3-6-18(24-13-14-1-4-17(20)5-2-14)15(11-16)12-21-7-9-23-10-8-22;/h1-6,11,21-22H,7-10,12-13H2;1H. The Hall–Kier alpha value is -1.18. The minimum absolute atomic E-state index is 0. The predicted octanol–water partition coefficient (Wildman–Crippen LogP) is 3.69. The second-order valence-electron chi connectivity index (χ2n) is 5.18. The van der Waals surface area contributed by atoms with Gasteiger partial charge < -0.3 is 19.9 Å². The van der Waals surface area contributed by atoms with Crippen LogP contribution in [-0.4, -0.2) is 31.5 Å². The zero-order valence-corrected chi connectivity index (χ0v) is 16.1. The van der Waals surface area contributed by atoms with Gasteiger partial charge in [0.15, 0.2) is 0 Å². The van der Waals surface area contributed by atoms with Crippen molar-refractivity contribution in [1.82, 2.24) is 5.32 Å². The summed E-state index contributed by atoms with van der Waals surface area (Å²) in [6.45, 7) is 2.64. The molecule has 0 spiro atoms. The SMILES string of the molecule is Cl.OCCOCCNCc1cc(Br)ccc1OCc1ccc(F)cc1. The first-order valence-corrected chi connectivity index (χ1v) is 8.53. The minimum atomic E-state index is -0.254. The summed E-state index contributed by atoms with van der Waals surface area (Å²) in [4.78, 5) is 0. The van der Waals surface area contributed by atoms with Crippen molar-refractivity contribution in [1.29, 1.82) is 0 Å². The Morgan fingerprint density at radius 1 is 1.08 bits per heavy atom. The van der Waals surface area contributed by atoms with E-state index in [9.17, 15) is 4.39 Å². The van der Waals surface area contributed by atoms with Gasteiger partial charge in [-0.2, -0.15) is 0 Å². The molecule has 2 aromatic rings. The summed E-state index contributed by atoms with van der Waals surface area (Å²) in [7, 11) is 0. The van der Waals surface area contributed by atoms with Crippen LogP contribution in [0.4, 0.5) is 4.39 Å². The molecule has 0 amide bonds. The van der Waals surface area contributed by atoms with E-state index in [0.717, 1.165) is 21.3 Å². The van der Waals surface area contributed by atoms with Crippen LogP contribution in [0.3, 0.4) is 0 Å². The first-order valence-electron chi connectivity index (χ1n) is 7.74. The fraction of sp³-hybridized carbons (Fsp3) is 0.333. The quantitative estimate of drug-likeness (QED) is 0.560. The average Bonchev–Trinajstić information content (AvgIpc) is 2.58. The summed E-state index contributed by atoms with van der Waals surface area (Å²) in [6.07, 6.45) is 0. The molecule has 25 heavy (non-hydrogen) atoms. The third kappa shape index (κ3) is 8.16. The van der Waals surface area contributed by atoms with E-state index >= 15 is 0 Å². The molecule has 0 aliphatic rings. The monoisotopic (exact) mass is 433 g/mol. The van der Waals surface area contributed by atoms with Crippen molar-refractivity contribution in [2.45, 2.75) is 13.2 Å². The fourth-order valence-corrected chi connectivity index (χ4v) is 2.51. The summed E-state index contributed by atoms with van der Waals surface area (Å²) in [5.74, 6) is 0.530. The molecule has 0 heterocycles. The Bertz CT molecular complexity index is 628. The molecule has 0 bridgehead atoms. The number of halogens is 3. The van der Waals surface area contributed by atoms with Crippen molar-refractivity contribution < 1.29 is 19.0 Å². The van der Waals surface area contributed by atoms with Crippen molar-refractivity contribution in [3.8, 4) is 5.75 Å². The zero-order chi connectivity index (χ0) is 17.2. The first-order chi connectivity index (χ1) is 11.7. The van der Waals surface area contributed by atoms with E-state index in [-0.39, 0.29) is 24.8 Å². The molecule has 0 atom stereocenters. The molecular weight excluding hydrogens is 413 g/mol. The highest BCUT2D eigenvalue weighted by Crippen LogP contribution is 2.24. The highest BCUT2D eigenvalue weighted by molar-refractivity contribution is 9.10. The van der Waals surface area contributed by atoms with Gasteiger partial charge in [-0.15, -0.1) is 12.4 Å². The molecule has 0 fully saturated rings. The molecule has 0 saturated heterocycles. The Morgan fingerprint density at radius 2 is 1.84 bits per heavy atom. The van der Waals surface area contributed by atoms with Crippen LogP contribution in [0.1, 0.15) is 11.1 Å². The molecule has 138 valence electrons. The molecule has 2 N–H and O–H groups in total. The number of hydrogen-bond donors (Lipinski definition) is 2. The lowest BCUT2D eigenvalue weighted by molar-refractivity contribution is 0.0937. The average molecular weight is 435 g/mol. The number of ether oxygens (including phenoxy) is 2. The summed E-state index contributed by atoms with van der Waals surface area (Å²) < 4.78 is 25.0. The van der Waals surface area contributed by atoms with Crippen LogP contribution in [0, 0.1) is 5.82 Å². The van der Waals surface area contributed by atoms with Crippen LogP contribution >= 0.6 is 28.3 Å². The highest BCUT2D eigenvalue weighted by atomic mass is 79.9. The van der Waals surface area contributed by atoms with E-state index in [1.54, 1.807) is 12.1 Å². The number of nitrogens with one attached hydrogen (secondary N) is 1. The van der Waals surface area contributed by atoms with E-state index in [1.807, 2.05) is 18.2 Å². The molecule has 0 aliphatic carbocycles. The van der Waals surface area contributed by atoms with Crippen LogP contribution in [0.2, 0.25) is 0 Å². The molecule has 0 saturated carbocycles. The lowest BCUT2D eigenvalue weighted by Gasteiger charge is -2.13. The van der Waals surface area contributed by atoms with Gasteiger partial charge in [-0.3, -0.25) is 0 Å². The van der Waals surface area contributed by atoms with Gasteiger partial charge in [0.1, 0.15) is 18.2 Å². The van der Waals surface area contributed by atoms with Crippen LogP contribution in [0.25, 0.3) is 0 Å². The first kappa shape index (κ1) is 21.9. The summed E-state index contributed by atoms with van der Waals surface area (Å²) in [5, 5.41) is 11.9. The number of aliphatic hydroxyl groups is 1. The van der Waals surface area contributed by atoms with Gasteiger partial charge in [0, 0.05) is 23.1 Å². The van der Waals surface area contributed by atoms with Crippen molar-refractivity contribution in [3.05, 3.63) is 63.9 Å². The number of hydrogen-bond acceptors (Lipinski definition) is 4. The van der Waals surface area contributed by atoms with E-state index in [2.05, 4.69) is 21.2 Å². The second-order valence-corrected chi connectivity index (χ2v) is 6.10. The molecule has 0 aliphatic heterocycles. The van der Waals surface area contributed by atoms with Crippen LogP contribution in [-0.2, 0) is 17.9 Å². The van der Waals surface area contributed by atoms with Gasteiger partial charge in [-0.05, 0) is 35.9 Å². The van der Waals surface area contributed by atoms with E-state index in [1.165, 1.54) is 12.1 Å². The van der Waals surface area contributed by atoms with Crippen molar-refractivity contribution in [2.24, 2.45) is 0 Å². The summed E-state index contributed by atoms with van der Waals surface area (Å²) >= 11 is 3.47. The van der Waals surface area contributed by atoms with Crippen LogP contribution in [0.15, 0.2) is 46.9 Å². The van der Waals surface area contributed by atoms with E-state index < -0.39 is 0 Å². The Balaban J connectivity index is 0.00000312. The molecule has 0 unspecified atom stereocenters. The van der Waals surface area contributed by atoms with Gasteiger partial charge in [0.25, 0.3) is 0 Å². The summed E-state index contributed by atoms with van der Waals surface area (Å²) in [6, 6.07) is 12.1. The molecule has 4 nitrogen and oxygen atoms in total. The van der Waals surface area contributed by atoms with Crippen molar-refractivity contribution >= 4 is 28.3 Å². The lowest BCUT2D eigenvalue weighted by Crippen LogP contribution is -2.20. The maximum absolute atomic E-state index is 12.9. The van der Waals surface area contributed by atoms with Gasteiger partial charge >= 0.3 is 0 Å². The number of benzene rings is 2. The van der Waals surface area contributed by atoms with Crippen LogP contribution in [0.5, 0.6) is 5.75 Å². The lowest BCUT2D eigenvalue weighted by atomic mass is 10.2. The molecule has 7 heteroatoms. The maximum Gasteiger partial charge on any atom is 0.124 e. The van der Waals surface area contributed by atoms with E-state index in [0.29, 0.717) is 32.9 Å². The Labute approximate surface area is 161 Å². The topological polar surface area (TPSA) is 50.7 Å². The van der Waals surface area contributed by atoms with Crippen molar-refractivity contribution in [3.63, 3.8) is 0 Å². The molecule has 2 rings (SSSR count). The number of aliphatic hydroxyl groups excluding tert-OH is 1. The van der Waals surface area contributed by atoms with Crippen molar-refractivity contribution in [2.75, 3.05) is 26.4 Å². The van der Waals surface area contributed by atoms with Crippen LogP contribution < -0.4 is 10.1 Å². The minimum Gasteiger partial charge on any atom is -0.489 e. The third-order valence-corrected chi connectivity index (χ3v) is 3.80.